The van der Waals surface area contributed by atoms with Gasteiger partial charge < -0.3 is 19.9 Å². The topological polar surface area (TPSA) is 70.8 Å². The molecule has 1 aromatic carbocycles. The van der Waals surface area contributed by atoms with Crippen molar-refractivity contribution in [1.82, 2.24) is 0 Å². The second-order valence-corrected chi connectivity index (χ2v) is 3.70. The summed E-state index contributed by atoms with van der Waals surface area (Å²) in [6, 6.07) is 4.92. The van der Waals surface area contributed by atoms with Gasteiger partial charge in [-0.3, -0.25) is 4.79 Å². The molecule has 0 aromatic heterocycles. The van der Waals surface area contributed by atoms with Gasteiger partial charge in [0.15, 0.2) is 11.5 Å². The number of esters is 1. The van der Waals surface area contributed by atoms with E-state index in [4.69, 9.17) is 19.9 Å². The van der Waals surface area contributed by atoms with Gasteiger partial charge in [-0.05, 0) is 13.0 Å². The number of nitrogens with two attached hydrogens (primary N) is 1. The summed E-state index contributed by atoms with van der Waals surface area (Å²) < 4.78 is 15.3. The van der Waals surface area contributed by atoms with Crippen LogP contribution < -0.4 is 15.2 Å². The van der Waals surface area contributed by atoms with Crippen molar-refractivity contribution >= 4 is 18.4 Å². The summed E-state index contributed by atoms with van der Waals surface area (Å²) in [5.41, 5.74) is 6.72. The molecule has 0 aliphatic heterocycles. The van der Waals surface area contributed by atoms with Crippen molar-refractivity contribution in [3.05, 3.63) is 23.8 Å². The first-order valence-corrected chi connectivity index (χ1v) is 5.76. The molecular weight excluding hydrogens is 270 g/mol. The Hall–Kier alpha value is -1.46. The molecule has 0 radical (unpaired) electrons. The van der Waals surface area contributed by atoms with Gasteiger partial charge in [-0.25, -0.2) is 0 Å². The molecule has 0 unspecified atom stereocenters. The van der Waals surface area contributed by atoms with Crippen LogP contribution in [0.25, 0.3) is 0 Å². The highest BCUT2D eigenvalue weighted by Gasteiger charge is 2.18. The first kappa shape index (κ1) is 17.5. The van der Waals surface area contributed by atoms with Crippen molar-refractivity contribution < 1.29 is 19.0 Å². The van der Waals surface area contributed by atoms with Crippen LogP contribution in [0, 0.1) is 0 Å². The van der Waals surface area contributed by atoms with Crippen LogP contribution in [0.2, 0.25) is 0 Å². The maximum atomic E-state index is 11.4. The first-order chi connectivity index (χ1) is 8.63. The highest BCUT2D eigenvalue weighted by Crippen LogP contribution is 2.34. The van der Waals surface area contributed by atoms with Crippen LogP contribution in [-0.4, -0.2) is 26.8 Å². The van der Waals surface area contributed by atoms with E-state index in [1.165, 1.54) is 0 Å². The Morgan fingerprint density at radius 3 is 2.53 bits per heavy atom. The van der Waals surface area contributed by atoms with E-state index in [2.05, 4.69) is 0 Å². The Bertz CT molecular complexity index is 412. The lowest BCUT2D eigenvalue weighted by Gasteiger charge is -2.17. The fourth-order valence-corrected chi connectivity index (χ4v) is 1.71. The summed E-state index contributed by atoms with van der Waals surface area (Å²) >= 11 is 0. The van der Waals surface area contributed by atoms with Gasteiger partial charge in [-0.15, -0.1) is 12.4 Å². The number of benzene rings is 1. The van der Waals surface area contributed by atoms with Crippen molar-refractivity contribution in [2.75, 3.05) is 20.8 Å². The summed E-state index contributed by atoms with van der Waals surface area (Å²) in [5, 5.41) is 0. The van der Waals surface area contributed by atoms with Crippen molar-refractivity contribution in [3.63, 3.8) is 0 Å². The van der Waals surface area contributed by atoms with Crippen molar-refractivity contribution in [2.45, 2.75) is 19.4 Å². The lowest BCUT2D eigenvalue weighted by atomic mass is 10.0. The third kappa shape index (κ3) is 4.61. The Morgan fingerprint density at radius 2 is 2.00 bits per heavy atom. The average Bonchev–Trinajstić information content (AvgIpc) is 2.37. The van der Waals surface area contributed by atoms with E-state index in [1.54, 1.807) is 27.2 Å². The minimum Gasteiger partial charge on any atom is -0.493 e. The lowest BCUT2D eigenvalue weighted by Crippen LogP contribution is -2.18. The zero-order valence-electron chi connectivity index (χ0n) is 11.3. The third-order valence-electron chi connectivity index (χ3n) is 2.52. The standard InChI is InChI=1S/C13H19NO4.ClH/c1-4-18-12(15)8-10(14)9-6-5-7-11(16-2)13(9)17-3;/h5-7,10H,4,8,14H2,1-3H3;1H/t10-;/m1./s1. The van der Waals surface area contributed by atoms with Gasteiger partial charge in [0.1, 0.15) is 0 Å². The zero-order chi connectivity index (χ0) is 13.5. The van der Waals surface area contributed by atoms with Gasteiger partial charge in [0.2, 0.25) is 0 Å². The van der Waals surface area contributed by atoms with E-state index in [0.717, 1.165) is 5.56 Å². The SMILES string of the molecule is CCOC(=O)C[C@@H](N)c1cccc(OC)c1OC.Cl. The van der Waals surface area contributed by atoms with Crippen LogP contribution in [0.5, 0.6) is 11.5 Å². The highest BCUT2D eigenvalue weighted by atomic mass is 35.5. The molecule has 1 aromatic rings. The molecule has 0 heterocycles. The van der Waals surface area contributed by atoms with E-state index in [0.29, 0.717) is 18.1 Å². The monoisotopic (exact) mass is 289 g/mol. The number of carbonyl (C=O) groups is 1. The number of ether oxygens (including phenoxy) is 3. The molecule has 0 spiro atoms. The lowest BCUT2D eigenvalue weighted by molar-refractivity contribution is -0.143. The van der Waals surface area contributed by atoms with Crippen LogP contribution in [0.15, 0.2) is 18.2 Å². The molecule has 0 aliphatic carbocycles. The normalized spacial score (nSPS) is 11.2. The quantitative estimate of drug-likeness (QED) is 0.812. The smallest absolute Gasteiger partial charge is 0.307 e. The van der Waals surface area contributed by atoms with E-state index < -0.39 is 6.04 Å². The van der Waals surface area contributed by atoms with Crippen molar-refractivity contribution in [1.29, 1.82) is 0 Å². The molecule has 1 atom stereocenters. The van der Waals surface area contributed by atoms with E-state index in [-0.39, 0.29) is 24.8 Å². The number of rotatable bonds is 6. The van der Waals surface area contributed by atoms with Crippen LogP contribution in [0.4, 0.5) is 0 Å². The maximum Gasteiger partial charge on any atom is 0.307 e. The largest absolute Gasteiger partial charge is 0.493 e. The number of hydrogen-bond donors (Lipinski definition) is 1. The molecule has 0 saturated carbocycles. The summed E-state index contributed by atoms with van der Waals surface area (Å²) in [6.07, 6.45) is 0.108. The summed E-state index contributed by atoms with van der Waals surface area (Å²) in [7, 11) is 3.09. The molecule has 19 heavy (non-hydrogen) atoms. The van der Waals surface area contributed by atoms with Gasteiger partial charge in [-0.2, -0.15) is 0 Å². The first-order valence-electron chi connectivity index (χ1n) is 5.76. The van der Waals surface area contributed by atoms with Gasteiger partial charge in [0, 0.05) is 11.6 Å². The van der Waals surface area contributed by atoms with E-state index in [1.807, 2.05) is 12.1 Å². The van der Waals surface area contributed by atoms with E-state index >= 15 is 0 Å². The second kappa shape index (κ2) is 8.61. The molecule has 6 heteroatoms. The number of halogens is 1. The predicted molar refractivity (Wildman–Crippen MR) is 75.0 cm³/mol. The van der Waals surface area contributed by atoms with E-state index in [9.17, 15) is 4.79 Å². The molecule has 0 fully saturated rings. The molecule has 0 amide bonds. The number of methoxy groups -OCH3 is 2. The molecule has 0 aliphatic rings. The van der Waals surface area contributed by atoms with Crippen LogP contribution in [0.1, 0.15) is 24.9 Å². The summed E-state index contributed by atoms with van der Waals surface area (Å²) in [5.74, 6) is 0.820. The minimum atomic E-state index is -0.478. The van der Waals surface area contributed by atoms with Crippen LogP contribution in [0.3, 0.4) is 0 Å². The van der Waals surface area contributed by atoms with Crippen molar-refractivity contribution in [3.8, 4) is 11.5 Å². The maximum absolute atomic E-state index is 11.4. The van der Waals surface area contributed by atoms with Crippen molar-refractivity contribution in [2.24, 2.45) is 5.73 Å². The second-order valence-electron chi connectivity index (χ2n) is 3.70. The molecule has 0 saturated heterocycles. The fourth-order valence-electron chi connectivity index (χ4n) is 1.71. The summed E-state index contributed by atoms with van der Waals surface area (Å²) in [4.78, 5) is 11.4. The fraction of sp³-hybridized carbons (Fsp3) is 0.462. The van der Waals surface area contributed by atoms with Crippen LogP contribution >= 0.6 is 12.4 Å². The average molecular weight is 290 g/mol. The number of hydrogen-bond acceptors (Lipinski definition) is 5. The highest BCUT2D eigenvalue weighted by molar-refractivity contribution is 5.85. The van der Waals surface area contributed by atoms with Gasteiger partial charge >= 0.3 is 5.97 Å². The molecule has 5 nitrogen and oxygen atoms in total. The Balaban J connectivity index is 0.00000324. The minimum absolute atomic E-state index is 0. The zero-order valence-corrected chi connectivity index (χ0v) is 12.2. The molecule has 108 valence electrons. The van der Waals surface area contributed by atoms with Crippen LogP contribution in [-0.2, 0) is 9.53 Å². The Kier molecular flexibility index (Phi) is 7.95. The van der Waals surface area contributed by atoms with Gasteiger partial charge in [-0.1, -0.05) is 12.1 Å². The molecule has 2 N–H and O–H groups in total. The Morgan fingerprint density at radius 1 is 1.32 bits per heavy atom. The molecular formula is C13H20ClNO4. The van der Waals surface area contributed by atoms with Gasteiger partial charge in [0.05, 0.1) is 27.2 Å². The number of carbonyl (C=O) groups excluding carboxylic acids is 1. The third-order valence-corrected chi connectivity index (χ3v) is 2.52. The predicted octanol–water partition coefficient (Wildman–Crippen LogP) is 2.08. The number of para-hydroxylation sites is 1. The summed E-state index contributed by atoms with van der Waals surface area (Å²) in [6.45, 7) is 2.11. The molecule has 0 bridgehead atoms. The Labute approximate surface area is 119 Å². The van der Waals surface area contributed by atoms with Gasteiger partial charge in [0.25, 0.3) is 0 Å². The molecule has 1 rings (SSSR count).